The zero-order valence-corrected chi connectivity index (χ0v) is 5.19. The van der Waals surface area contributed by atoms with Crippen LogP contribution in [0.5, 0.6) is 0 Å². The molecule has 10 heavy (non-hydrogen) atoms. The van der Waals surface area contributed by atoms with Gasteiger partial charge in [-0.05, 0) is 6.42 Å². The molecule has 5 nitrogen and oxygen atoms in total. The highest BCUT2D eigenvalue weighted by Crippen LogP contribution is 2.35. The van der Waals surface area contributed by atoms with E-state index in [4.69, 9.17) is 20.4 Å². The molecule has 1 saturated carbocycles. The number of rotatable bonds is 0. The second kappa shape index (κ2) is 1.90. The van der Waals surface area contributed by atoms with Crippen molar-refractivity contribution >= 4 is 0 Å². The maximum atomic E-state index is 10.7. The van der Waals surface area contributed by atoms with Gasteiger partial charge in [-0.1, -0.05) is 0 Å². The molecule has 0 aromatic heterocycles. The third-order valence-electron chi connectivity index (χ3n) is 1.80. The molecule has 1 aliphatic rings. The van der Waals surface area contributed by atoms with Gasteiger partial charge in [0, 0.05) is 6.42 Å². The van der Waals surface area contributed by atoms with Crippen molar-refractivity contribution in [3.05, 3.63) is 0 Å². The first-order chi connectivity index (χ1) is 4.38. The summed E-state index contributed by atoms with van der Waals surface area (Å²) in [7, 11) is 0. The van der Waals surface area contributed by atoms with Gasteiger partial charge in [-0.25, -0.2) is 0 Å². The van der Waals surface area contributed by atoms with E-state index in [9.17, 15) is 5.11 Å². The van der Waals surface area contributed by atoms with Crippen LogP contribution in [0.15, 0.2) is 0 Å². The van der Waals surface area contributed by atoms with Crippen molar-refractivity contribution < 1.29 is 25.5 Å². The molecule has 1 fully saturated rings. The predicted molar refractivity (Wildman–Crippen MR) is 28.0 cm³/mol. The van der Waals surface area contributed by atoms with Crippen LogP contribution in [0, 0.1) is 0 Å². The van der Waals surface area contributed by atoms with Crippen LogP contribution in [0.1, 0.15) is 12.8 Å². The molecule has 0 aromatic carbocycles. The Hall–Kier alpha value is -0.200. The summed E-state index contributed by atoms with van der Waals surface area (Å²) in [4.78, 5) is 0. The van der Waals surface area contributed by atoms with Crippen LogP contribution in [0.4, 0.5) is 0 Å². The number of hydrogen-bond donors (Lipinski definition) is 4. The van der Waals surface area contributed by atoms with Gasteiger partial charge >= 0.3 is 0 Å². The molecule has 59 valence electrons. The Balaban J connectivity index is 2.84. The standard InChI is InChI=1S/C5H9O5/c6-3-1-2-4(7,8)5(3,9)10/h3,6-7,9-10H,1-2H2. The summed E-state index contributed by atoms with van der Waals surface area (Å²) in [6.07, 6.45) is -1.98. The van der Waals surface area contributed by atoms with Gasteiger partial charge in [-0.15, -0.1) is 0 Å². The molecule has 0 heterocycles. The van der Waals surface area contributed by atoms with Crippen LogP contribution < -0.4 is 0 Å². The molecule has 0 spiro atoms. The highest BCUT2D eigenvalue weighted by Gasteiger charge is 2.59. The minimum atomic E-state index is -2.90. The van der Waals surface area contributed by atoms with Gasteiger partial charge in [-0.3, -0.25) is 0 Å². The summed E-state index contributed by atoms with van der Waals surface area (Å²) >= 11 is 0. The monoisotopic (exact) mass is 149 g/mol. The molecule has 0 aliphatic heterocycles. The van der Waals surface area contributed by atoms with E-state index in [0.717, 1.165) is 0 Å². The summed E-state index contributed by atoms with van der Waals surface area (Å²) < 4.78 is 0. The predicted octanol–water partition coefficient (Wildman–Crippen LogP) is -2.06. The molecular weight excluding hydrogens is 140 g/mol. The van der Waals surface area contributed by atoms with E-state index in [2.05, 4.69) is 0 Å². The first-order valence-corrected chi connectivity index (χ1v) is 2.93. The number of hydrogen-bond acceptors (Lipinski definition) is 4. The van der Waals surface area contributed by atoms with Gasteiger partial charge < -0.3 is 20.4 Å². The van der Waals surface area contributed by atoms with Crippen LogP contribution in [-0.4, -0.2) is 38.1 Å². The number of aliphatic hydroxyl groups excluding tert-OH is 1. The summed E-state index contributed by atoms with van der Waals surface area (Å²) in [6.45, 7) is 0. The second-order valence-electron chi connectivity index (χ2n) is 2.56. The van der Waals surface area contributed by atoms with Crippen molar-refractivity contribution in [2.75, 3.05) is 0 Å². The van der Waals surface area contributed by atoms with Crippen molar-refractivity contribution in [1.82, 2.24) is 0 Å². The molecule has 0 saturated heterocycles. The Morgan fingerprint density at radius 1 is 1.30 bits per heavy atom. The Bertz CT molecular complexity index is 141. The van der Waals surface area contributed by atoms with Crippen molar-refractivity contribution in [3.8, 4) is 0 Å². The third-order valence-corrected chi connectivity index (χ3v) is 1.80. The van der Waals surface area contributed by atoms with Gasteiger partial charge in [0.25, 0.3) is 5.79 Å². The average Bonchev–Trinajstić information content (AvgIpc) is 1.94. The first kappa shape index (κ1) is 7.90. The van der Waals surface area contributed by atoms with Crippen LogP contribution in [0.3, 0.4) is 0 Å². The molecule has 5 heteroatoms. The highest BCUT2D eigenvalue weighted by molar-refractivity contribution is 4.95. The molecule has 1 rings (SSSR count). The number of aliphatic hydroxyl groups is 4. The molecule has 1 aliphatic carbocycles. The van der Waals surface area contributed by atoms with E-state index in [1.165, 1.54) is 0 Å². The minimum Gasteiger partial charge on any atom is -0.387 e. The quantitative estimate of drug-likeness (QED) is 0.297. The zero-order valence-electron chi connectivity index (χ0n) is 5.19. The lowest BCUT2D eigenvalue weighted by Crippen LogP contribution is -2.54. The molecule has 2 atom stereocenters. The Morgan fingerprint density at radius 2 is 1.80 bits per heavy atom. The maximum Gasteiger partial charge on any atom is 0.256 e. The second-order valence-corrected chi connectivity index (χ2v) is 2.56. The zero-order chi connectivity index (χ0) is 7.99. The molecule has 0 bridgehead atoms. The fourth-order valence-electron chi connectivity index (χ4n) is 0.978. The summed E-state index contributed by atoms with van der Waals surface area (Å²) in [5, 5.41) is 45.5. The highest BCUT2D eigenvalue weighted by atomic mass is 16.6. The third kappa shape index (κ3) is 0.834. The van der Waals surface area contributed by atoms with Gasteiger partial charge in [0.15, 0.2) is 0 Å². The Morgan fingerprint density at radius 3 is 1.90 bits per heavy atom. The van der Waals surface area contributed by atoms with Crippen LogP contribution in [0.25, 0.3) is 0 Å². The summed E-state index contributed by atoms with van der Waals surface area (Å²) in [5.74, 6) is -5.72. The van der Waals surface area contributed by atoms with Crippen LogP contribution >= 0.6 is 0 Å². The SMILES string of the molecule is [O]C1(O)CCC(O)C1(O)O. The maximum absolute atomic E-state index is 10.7. The van der Waals surface area contributed by atoms with E-state index in [1.807, 2.05) is 0 Å². The van der Waals surface area contributed by atoms with Crippen molar-refractivity contribution in [2.45, 2.75) is 30.5 Å². The smallest absolute Gasteiger partial charge is 0.256 e. The first-order valence-electron chi connectivity index (χ1n) is 2.93. The summed E-state index contributed by atoms with van der Waals surface area (Å²) in [5.41, 5.74) is 0. The molecule has 0 aromatic rings. The molecule has 2 unspecified atom stereocenters. The lowest BCUT2D eigenvalue weighted by atomic mass is 10.1. The molecule has 0 amide bonds. The van der Waals surface area contributed by atoms with E-state index < -0.39 is 17.7 Å². The van der Waals surface area contributed by atoms with E-state index in [-0.39, 0.29) is 12.8 Å². The van der Waals surface area contributed by atoms with Crippen molar-refractivity contribution in [3.63, 3.8) is 0 Å². The molecule has 4 N–H and O–H groups in total. The van der Waals surface area contributed by atoms with Crippen LogP contribution in [-0.2, 0) is 5.11 Å². The van der Waals surface area contributed by atoms with E-state index >= 15 is 0 Å². The van der Waals surface area contributed by atoms with Crippen LogP contribution in [0.2, 0.25) is 0 Å². The van der Waals surface area contributed by atoms with E-state index in [1.54, 1.807) is 0 Å². The molecule has 1 radical (unpaired) electrons. The van der Waals surface area contributed by atoms with Gasteiger partial charge in [0.05, 0.1) is 0 Å². The molecular formula is C5H9O5. The lowest BCUT2D eigenvalue weighted by molar-refractivity contribution is -0.378. The van der Waals surface area contributed by atoms with E-state index in [0.29, 0.717) is 0 Å². The average molecular weight is 149 g/mol. The van der Waals surface area contributed by atoms with Crippen molar-refractivity contribution in [2.24, 2.45) is 0 Å². The Labute approximate surface area is 57.2 Å². The fourth-order valence-corrected chi connectivity index (χ4v) is 0.978. The van der Waals surface area contributed by atoms with Gasteiger partial charge in [0.1, 0.15) is 6.10 Å². The topological polar surface area (TPSA) is 101 Å². The van der Waals surface area contributed by atoms with Gasteiger partial charge in [-0.2, -0.15) is 5.11 Å². The lowest BCUT2D eigenvalue weighted by Gasteiger charge is -2.27. The normalized spacial score (nSPS) is 36.3. The minimum absolute atomic E-state index is 0.0903. The fraction of sp³-hybridized carbons (Fsp3) is 1.00. The van der Waals surface area contributed by atoms with Gasteiger partial charge in [0.2, 0.25) is 5.79 Å². The Kier molecular flexibility index (Phi) is 1.50. The summed E-state index contributed by atoms with van der Waals surface area (Å²) in [6, 6.07) is 0. The van der Waals surface area contributed by atoms with Crippen molar-refractivity contribution in [1.29, 1.82) is 0 Å². The largest absolute Gasteiger partial charge is 0.387 e.